The summed E-state index contributed by atoms with van der Waals surface area (Å²) in [6.07, 6.45) is 101. The summed E-state index contributed by atoms with van der Waals surface area (Å²) < 4.78 is 23.8. The number of amides is 1. The van der Waals surface area contributed by atoms with Gasteiger partial charge in [-0.05, 0) is 109 Å². The van der Waals surface area contributed by atoms with Crippen LogP contribution in [0, 0.1) is 0 Å². The first kappa shape index (κ1) is 81.1. The molecule has 0 fully saturated rings. The van der Waals surface area contributed by atoms with Crippen LogP contribution < -0.4 is 5.32 Å². The zero-order chi connectivity index (χ0) is 61.9. The maximum atomic E-state index is 13.0. The highest BCUT2D eigenvalue weighted by atomic mass is 31.2. The number of nitrogens with one attached hydrogen (secondary N) is 1. The van der Waals surface area contributed by atoms with Crippen LogP contribution in [0.1, 0.15) is 264 Å². The molecule has 0 saturated heterocycles. The summed E-state index contributed by atoms with van der Waals surface area (Å²) in [7, 11) is 1.53. The van der Waals surface area contributed by atoms with Gasteiger partial charge in [0.2, 0.25) is 5.91 Å². The number of unbranched alkanes of at least 4 members (excludes halogenated alkanes) is 24. The molecule has 3 unspecified atom stereocenters. The Kier molecular flexibility index (Phi) is 61.6. The van der Waals surface area contributed by atoms with Crippen LogP contribution >= 0.6 is 7.82 Å². The van der Waals surface area contributed by atoms with Crippen LogP contribution in [0.4, 0.5) is 0 Å². The van der Waals surface area contributed by atoms with Crippen LogP contribution in [0.3, 0.4) is 0 Å². The molecule has 0 saturated carbocycles. The summed E-state index contributed by atoms with van der Waals surface area (Å²) in [6, 6.07) is -0.883. The fourth-order valence-electron chi connectivity index (χ4n) is 9.20. The second-order valence-electron chi connectivity index (χ2n) is 23.8. The maximum absolute atomic E-state index is 13.0. The van der Waals surface area contributed by atoms with Gasteiger partial charge >= 0.3 is 7.82 Å². The van der Waals surface area contributed by atoms with Gasteiger partial charge in [0.15, 0.2) is 0 Å². The van der Waals surface area contributed by atoms with Gasteiger partial charge in [0.1, 0.15) is 13.2 Å². The van der Waals surface area contributed by atoms with Gasteiger partial charge in [-0.25, -0.2) is 4.57 Å². The highest BCUT2D eigenvalue weighted by Crippen LogP contribution is 2.43. The Morgan fingerprint density at radius 3 is 1.04 bits per heavy atom. The number of quaternary nitrogens is 1. The molecule has 1 amide bonds. The van der Waals surface area contributed by atoms with Crippen LogP contribution in [0.2, 0.25) is 0 Å². The largest absolute Gasteiger partial charge is 0.472 e. The Morgan fingerprint density at radius 1 is 0.412 bits per heavy atom. The van der Waals surface area contributed by atoms with Crippen molar-refractivity contribution in [3.8, 4) is 0 Å². The molecule has 0 aromatic carbocycles. The summed E-state index contributed by atoms with van der Waals surface area (Å²) in [5.41, 5.74) is 0. The Balaban J connectivity index is 4.26. The normalized spacial score (nSPS) is 14.7. The third kappa shape index (κ3) is 67.5. The lowest BCUT2D eigenvalue weighted by molar-refractivity contribution is -0.870. The first-order chi connectivity index (χ1) is 41.5. The predicted molar refractivity (Wildman–Crippen MR) is 373 cm³/mol. The lowest BCUT2D eigenvalue weighted by Gasteiger charge is -2.25. The van der Waals surface area contributed by atoms with Crippen molar-refractivity contribution in [1.29, 1.82) is 0 Å². The third-order valence-electron chi connectivity index (χ3n) is 14.5. The van der Waals surface area contributed by atoms with Gasteiger partial charge in [-0.3, -0.25) is 13.8 Å². The molecule has 8 nitrogen and oxygen atoms in total. The molecule has 0 aliphatic heterocycles. The highest BCUT2D eigenvalue weighted by molar-refractivity contribution is 7.47. The van der Waals surface area contributed by atoms with Crippen LogP contribution in [-0.2, 0) is 18.4 Å². The van der Waals surface area contributed by atoms with Gasteiger partial charge < -0.3 is 19.8 Å². The van der Waals surface area contributed by atoms with Crippen molar-refractivity contribution in [2.45, 2.75) is 276 Å². The number of allylic oxidation sites excluding steroid dienone is 25. The van der Waals surface area contributed by atoms with Gasteiger partial charge in [0.05, 0.1) is 39.9 Å². The minimum Gasteiger partial charge on any atom is -0.387 e. The van der Waals surface area contributed by atoms with E-state index in [4.69, 9.17) is 9.05 Å². The number of aliphatic hydroxyl groups is 1. The molecule has 484 valence electrons. The lowest BCUT2D eigenvalue weighted by atomic mass is 10.0. The van der Waals surface area contributed by atoms with Crippen LogP contribution in [0.15, 0.2) is 158 Å². The number of hydrogen-bond acceptors (Lipinski definition) is 5. The van der Waals surface area contributed by atoms with E-state index in [0.29, 0.717) is 23.9 Å². The number of carbonyl (C=O) groups excluding carboxylic acids is 1. The van der Waals surface area contributed by atoms with Crippen LogP contribution in [0.25, 0.3) is 0 Å². The van der Waals surface area contributed by atoms with E-state index in [-0.39, 0.29) is 19.1 Å². The number of nitrogens with zero attached hydrogens (tertiary/aromatic N) is 1. The Morgan fingerprint density at radius 2 is 0.706 bits per heavy atom. The molecule has 0 radical (unpaired) electrons. The maximum Gasteiger partial charge on any atom is 0.472 e. The summed E-state index contributed by atoms with van der Waals surface area (Å²) in [5, 5.41) is 14.0. The molecule has 85 heavy (non-hydrogen) atoms. The Hall–Kier alpha value is -3.88. The molecule has 0 bridgehead atoms. The van der Waals surface area contributed by atoms with Gasteiger partial charge in [-0.1, -0.05) is 307 Å². The molecule has 0 aliphatic carbocycles. The first-order valence-corrected chi connectivity index (χ1v) is 35.9. The molecule has 0 heterocycles. The Bertz CT molecular complexity index is 1940. The molecule has 3 atom stereocenters. The van der Waals surface area contributed by atoms with E-state index in [1.54, 1.807) is 6.08 Å². The molecule has 0 spiro atoms. The van der Waals surface area contributed by atoms with Crippen molar-refractivity contribution < 1.29 is 32.9 Å². The van der Waals surface area contributed by atoms with Crippen molar-refractivity contribution in [3.05, 3.63) is 158 Å². The summed E-state index contributed by atoms with van der Waals surface area (Å²) >= 11 is 0. The minimum atomic E-state index is -4.38. The van der Waals surface area contributed by atoms with E-state index in [1.165, 1.54) is 128 Å². The number of hydrogen-bond donors (Lipinski definition) is 3. The number of phosphoric ester groups is 1. The molecule has 3 N–H and O–H groups in total. The average Bonchev–Trinajstić information content (AvgIpc) is 3.49. The predicted octanol–water partition coefficient (Wildman–Crippen LogP) is 22.2. The van der Waals surface area contributed by atoms with Gasteiger partial charge in [0, 0.05) is 6.42 Å². The standard InChI is InChI=1S/C76H129N2O6P/c1-6-8-10-12-14-16-18-20-22-24-26-28-30-32-33-34-35-36-37-38-39-40-41-42-43-44-45-46-48-50-52-54-56-58-60-62-64-66-68-70-76(80)77-74(73-84-85(81,82)83-72-71-78(3,4)5)75(79)69-67-65-63-61-59-57-55-53-51-49-47-31-29-27-25-23-21-19-17-15-13-11-9-7-2/h8,10,14,16,20,22,26,28,32-33,35-36,38-39,41-42,44-45,48,50,54,56,60,62,67,69,74-75,79H,6-7,9,11-13,15,17-19,21,23-25,27,29-31,34,37,40,43,46-47,49,51-53,55,57-59,61,63-66,68,70-73H2,1-5H3,(H-,77,80,81,82)/p+1/b10-8-,16-14-,22-20-,28-26-,33-32-,36-35-,39-38-,42-41-,45-44-,50-48-,56-54-,62-60-,69-67+. The van der Waals surface area contributed by atoms with Crippen molar-refractivity contribution in [2.75, 3.05) is 40.9 Å². The quantitative estimate of drug-likeness (QED) is 0.0243. The van der Waals surface area contributed by atoms with E-state index in [2.05, 4.69) is 165 Å². The molecular weight excluding hydrogens is 1070 g/mol. The van der Waals surface area contributed by atoms with Crippen molar-refractivity contribution in [1.82, 2.24) is 5.32 Å². The first-order valence-electron chi connectivity index (χ1n) is 34.4. The summed E-state index contributed by atoms with van der Waals surface area (Å²) in [6.45, 7) is 4.67. The van der Waals surface area contributed by atoms with Gasteiger partial charge in [-0.2, -0.15) is 0 Å². The van der Waals surface area contributed by atoms with E-state index in [9.17, 15) is 19.4 Å². The smallest absolute Gasteiger partial charge is 0.387 e. The lowest BCUT2D eigenvalue weighted by Crippen LogP contribution is -2.45. The highest BCUT2D eigenvalue weighted by Gasteiger charge is 2.27. The second-order valence-corrected chi connectivity index (χ2v) is 25.3. The van der Waals surface area contributed by atoms with Crippen LogP contribution in [0.5, 0.6) is 0 Å². The van der Waals surface area contributed by atoms with Crippen molar-refractivity contribution in [3.63, 3.8) is 0 Å². The molecule has 0 aromatic rings. The monoisotopic (exact) mass is 1200 g/mol. The molecular formula is C76H130N2O6P+. The van der Waals surface area contributed by atoms with Crippen LogP contribution in [-0.4, -0.2) is 73.4 Å². The number of carbonyl (C=O) groups is 1. The zero-order valence-electron chi connectivity index (χ0n) is 55.3. The van der Waals surface area contributed by atoms with E-state index < -0.39 is 20.0 Å². The van der Waals surface area contributed by atoms with E-state index in [1.807, 2.05) is 27.2 Å². The van der Waals surface area contributed by atoms with Crippen molar-refractivity contribution in [2.24, 2.45) is 0 Å². The number of rotatable bonds is 61. The molecule has 0 aliphatic rings. The van der Waals surface area contributed by atoms with E-state index >= 15 is 0 Å². The zero-order valence-corrected chi connectivity index (χ0v) is 56.2. The van der Waals surface area contributed by atoms with Crippen molar-refractivity contribution >= 4 is 13.7 Å². The molecule has 9 heteroatoms. The number of phosphoric acid groups is 1. The average molecular weight is 1200 g/mol. The summed E-state index contributed by atoms with van der Waals surface area (Å²) in [5.74, 6) is -0.223. The minimum absolute atomic E-state index is 0.0448. The molecule has 0 aromatic heterocycles. The summed E-state index contributed by atoms with van der Waals surface area (Å²) in [4.78, 5) is 23.4. The fraction of sp³-hybridized carbons (Fsp3) is 0.645. The second kappa shape index (κ2) is 64.6. The number of likely N-dealkylation sites (N-methyl/N-ethyl adjacent to an activating group) is 1. The number of aliphatic hydroxyl groups excluding tert-OH is 1. The fourth-order valence-corrected chi connectivity index (χ4v) is 9.94. The topological polar surface area (TPSA) is 105 Å². The van der Waals surface area contributed by atoms with Gasteiger partial charge in [0.25, 0.3) is 0 Å². The third-order valence-corrected chi connectivity index (χ3v) is 15.5. The van der Waals surface area contributed by atoms with Gasteiger partial charge in [-0.15, -0.1) is 0 Å². The SMILES string of the molecule is CC/C=C\C/C=C\C/C=C\C/C=C\C/C=C\C/C=C\C/C=C\C/C=C\C/C=C\C/C=C\C/C=C\C/C=C\CCCCC(=O)NC(COP(=O)(O)OCC[N+](C)(C)C)C(O)/C=C/CCCCCCCCCCCCCCCCCCCCCCCC. The molecule has 0 rings (SSSR count). The van der Waals surface area contributed by atoms with E-state index in [0.717, 1.165) is 109 Å². The Labute approximate surface area is 524 Å².